The molecule has 0 saturated heterocycles. The summed E-state index contributed by atoms with van der Waals surface area (Å²) in [7, 11) is 0. The van der Waals surface area contributed by atoms with E-state index < -0.39 is 0 Å². The van der Waals surface area contributed by atoms with Gasteiger partial charge >= 0.3 is 5.97 Å². The van der Waals surface area contributed by atoms with Gasteiger partial charge in [-0.2, -0.15) is 0 Å². The monoisotopic (exact) mass is 317 g/mol. The minimum atomic E-state index is -0.381. The van der Waals surface area contributed by atoms with Crippen molar-refractivity contribution in [3.63, 3.8) is 0 Å². The third-order valence-electron chi connectivity index (χ3n) is 3.93. The molecule has 1 aromatic carbocycles. The van der Waals surface area contributed by atoms with E-state index in [9.17, 15) is 4.79 Å². The van der Waals surface area contributed by atoms with E-state index in [0.717, 1.165) is 42.3 Å². The largest absolute Gasteiger partial charge is 0.460 e. The van der Waals surface area contributed by atoms with Gasteiger partial charge in [0.25, 0.3) is 0 Å². The Bertz CT molecular complexity index is 658. The van der Waals surface area contributed by atoms with Gasteiger partial charge in [0.05, 0.1) is 6.61 Å². The molecule has 0 spiro atoms. The zero-order chi connectivity index (χ0) is 16.8. The van der Waals surface area contributed by atoms with E-state index in [1.165, 1.54) is 5.56 Å². The summed E-state index contributed by atoms with van der Waals surface area (Å²) >= 11 is 0. The van der Waals surface area contributed by atoms with Gasteiger partial charge in [0.1, 0.15) is 5.58 Å². The van der Waals surface area contributed by atoms with Gasteiger partial charge in [0, 0.05) is 17.0 Å². The number of rotatable bonds is 8. The average Bonchev–Trinajstić information content (AvgIpc) is 2.85. The highest BCUT2D eigenvalue weighted by Gasteiger charge is 2.20. The highest BCUT2D eigenvalue weighted by Crippen LogP contribution is 2.29. The van der Waals surface area contributed by atoms with Gasteiger partial charge in [-0.1, -0.05) is 26.0 Å². The van der Waals surface area contributed by atoms with Crippen molar-refractivity contribution in [3.8, 4) is 0 Å². The predicted molar refractivity (Wildman–Crippen MR) is 93.0 cm³/mol. The van der Waals surface area contributed by atoms with Gasteiger partial charge in [-0.25, -0.2) is 4.79 Å². The maximum atomic E-state index is 12.0. The summed E-state index contributed by atoms with van der Waals surface area (Å²) < 4.78 is 10.8. The molecule has 0 radical (unpaired) electrons. The van der Waals surface area contributed by atoms with Crippen LogP contribution in [-0.2, 0) is 11.2 Å². The van der Waals surface area contributed by atoms with Crippen molar-refractivity contribution in [2.45, 2.75) is 53.0 Å². The number of carbonyl (C=O) groups excluding carboxylic acids is 1. The number of ether oxygens (including phenoxy) is 1. The Morgan fingerprint density at radius 2 is 2.09 bits per heavy atom. The summed E-state index contributed by atoms with van der Waals surface area (Å²) in [6.45, 7) is 9.44. The molecule has 1 heterocycles. The average molecular weight is 317 g/mol. The fraction of sp³-hybridized carbons (Fsp3) is 0.526. The number of furan rings is 1. The Hall–Kier alpha value is -1.81. The van der Waals surface area contributed by atoms with Crippen LogP contribution in [0.4, 0.5) is 0 Å². The first-order valence-electron chi connectivity index (χ1n) is 8.46. The van der Waals surface area contributed by atoms with Gasteiger partial charge in [0.2, 0.25) is 5.76 Å². The first kappa shape index (κ1) is 17.5. The lowest BCUT2D eigenvalue weighted by Crippen LogP contribution is -2.23. The van der Waals surface area contributed by atoms with E-state index in [1.54, 1.807) is 6.92 Å². The summed E-state index contributed by atoms with van der Waals surface area (Å²) in [5, 5.41) is 4.50. The van der Waals surface area contributed by atoms with E-state index in [4.69, 9.17) is 9.15 Å². The normalized spacial score (nSPS) is 11.3. The van der Waals surface area contributed by atoms with Gasteiger partial charge in [0.15, 0.2) is 0 Å². The number of hydrogen-bond donors (Lipinski definition) is 1. The summed E-state index contributed by atoms with van der Waals surface area (Å²) in [5.41, 5.74) is 2.89. The molecule has 23 heavy (non-hydrogen) atoms. The van der Waals surface area contributed by atoms with E-state index in [2.05, 4.69) is 25.2 Å². The lowest BCUT2D eigenvalue weighted by atomic mass is 10.0. The molecule has 0 saturated carbocycles. The van der Waals surface area contributed by atoms with Crippen molar-refractivity contribution in [2.24, 2.45) is 0 Å². The second kappa shape index (κ2) is 8.16. The molecule has 0 aliphatic rings. The Balaban J connectivity index is 2.13. The van der Waals surface area contributed by atoms with E-state index in [0.29, 0.717) is 18.4 Å². The number of benzene rings is 1. The Kier molecular flexibility index (Phi) is 6.22. The minimum absolute atomic E-state index is 0.329. The smallest absolute Gasteiger partial charge is 0.374 e. The Morgan fingerprint density at radius 1 is 1.30 bits per heavy atom. The fourth-order valence-corrected chi connectivity index (χ4v) is 2.82. The molecule has 4 nitrogen and oxygen atoms in total. The van der Waals surface area contributed by atoms with Crippen molar-refractivity contribution < 1.29 is 13.9 Å². The highest BCUT2D eigenvalue weighted by molar-refractivity contribution is 5.97. The van der Waals surface area contributed by atoms with E-state index >= 15 is 0 Å². The molecule has 1 N–H and O–H groups in total. The van der Waals surface area contributed by atoms with Gasteiger partial charge in [-0.15, -0.1) is 0 Å². The Labute approximate surface area is 138 Å². The number of esters is 1. The van der Waals surface area contributed by atoms with Crippen molar-refractivity contribution >= 4 is 16.9 Å². The lowest BCUT2D eigenvalue weighted by molar-refractivity contribution is 0.0491. The van der Waals surface area contributed by atoms with Crippen molar-refractivity contribution in [2.75, 3.05) is 13.2 Å². The standard InChI is InChI=1S/C19H27NO3/c1-5-22-19(21)18-14(4)17-15(10-8-11-16(17)23-18)9-6-7-12-20-13(2)3/h8,10-11,13,20H,5-7,9,12H2,1-4H3. The quantitative estimate of drug-likeness (QED) is 0.584. The van der Waals surface area contributed by atoms with Crippen molar-refractivity contribution in [3.05, 3.63) is 35.1 Å². The van der Waals surface area contributed by atoms with Gasteiger partial charge < -0.3 is 14.5 Å². The molecular formula is C19H27NO3. The molecule has 0 unspecified atom stereocenters. The fourth-order valence-electron chi connectivity index (χ4n) is 2.82. The van der Waals surface area contributed by atoms with Crippen LogP contribution in [0.15, 0.2) is 22.6 Å². The van der Waals surface area contributed by atoms with Crippen LogP contribution < -0.4 is 5.32 Å². The molecule has 0 amide bonds. The van der Waals surface area contributed by atoms with Gasteiger partial charge in [-0.3, -0.25) is 0 Å². The molecular weight excluding hydrogens is 290 g/mol. The van der Waals surface area contributed by atoms with Crippen LogP contribution in [0, 0.1) is 6.92 Å². The van der Waals surface area contributed by atoms with Crippen molar-refractivity contribution in [1.29, 1.82) is 0 Å². The zero-order valence-electron chi connectivity index (χ0n) is 14.6. The van der Waals surface area contributed by atoms with Crippen LogP contribution in [0.25, 0.3) is 11.0 Å². The first-order valence-corrected chi connectivity index (χ1v) is 8.46. The van der Waals surface area contributed by atoms with Crippen LogP contribution in [0.1, 0.15) is 55.3 Å². The summed E-state index contributed by atoms with van der Waals surface area (Å²) in [4.78, 5) is 12.0. The topological polar surface area (TPSA) is 51.5 Å². The lowest BCUT2D eigenvalue weighted by Gasteiger charge is -2.08. The summed E-state index contributed by atoms with van der Waals surface area (Å²) in [6.07, 6.45) is 3.23. The molecule has 0 bridgehead atoms. The number of nitrogens with one attached hydrogen (secondary N) is 1. The van der Waals surface area contributed by atoms with Crippen LogP contribution in [-0.4, -0.2) is 25.2 Å². The highest BCUT2D eigenvalue weighted by atomic mass is 16.5. The zero-order valence-corrected chi connectivity index (χ0v) is 14.6. The summed E-state index contributed by atoms with van der Waals surface area (Å²) in [6, 6.07) is 6.55. The molecule has 4 heteroatoms. The molecule has 0 aliphatic carbocycles. The SMILES string of the molecule is CCOC(=O)c1oc2cccc(CCCCNC(C)C)c2c1C. The van der Waals surface area contributed by atoms with Crippen molar-refractivity contribution in [1.82, 2.24) is 5.32 Å². The second-order valence-electron chi connectivity index (χ2n) is 6.13. The van der Waals surface area contributed by atoms with Crippen LogP contribution in [0.5, 0.6) is 0 Å². The summed E-state index contributed by atoms with van der Waals surface area (Å²) in [5.74, 6) is -0.0518. The molecule has 0 atom stereocenters. The molecule has 2 aromatic rings. The number of hydrogen-bond acceptors (Lipinski definition) is 4. The predicted octanol–water partition coefficient (Wildman–Crippen LogP) is 4.24. The third-order valence-corrected chi connectivity index (χ3v) is 3.93. The minimum Gasteiger partial charge on any atom is -0.460 e. The molecule has 126 valence electrons. The van der Waals surface area contributed by atoms with Crippen LogP contribution >= 0.6 is 0 Å². The second-order valence-corrected chi connectivity index (χ2v) is 6.13. The van der Waals surface area contributed by atoms with E-state index in [-0.39, 0.29) is 5.97 Å². The van der Waals surface area contributed by atoms with Crippen LogP contribution in [0.3, 0.4) is 0 Å². The molecule has 2 rings (SSSR count). The third kappa shape index (κ3) is 4.35. The van der Waals surface area contributed by atoms with Crippen LogP contribution in [0.2, 0.25) is 0 Å². The number of carbonyl (C=O) groups is 1. The van der Waals surface area contributed by atoms with Gasteiger partial charge in [-0.05, 0) is 51.3 Å². The number of fused-ring (bicyclic) bond motifs is 1. The Morgan fingerprint density at radius 3 is 2.78 bits per heavy atom. The number of aryl methyl sites for hydroxylation is 2. The maximum absolute atomic E-state index is 12.0. The molecule has 0 aliphatic heterocycles. The molecule has 0 fully saturated rings. The maximum Gasteiger partial charge on any atom is 0.374 e. The first-order chi connectivity index (χ1) is 11.0. The van der Waals surface area contributed by atoms with E-state index in [1.807, 2.05) is 19.1 Å². The number of unbranched alkanes of at least 4 members (excludes halogenated alkanes) is 1. The molecule has 1 aromatic heterocycles.